The minimum Gasteiger partial charge on any atom is -0.377 e. The number of hydrogen-bond acceptors (Lipinski definition) is 5. The van der Waals surface area contributed by atoms with Crippen LogP contribution < -0.4 is 5.73 Å². The van der Waals surface area contributed by atoms with Crippen molar-refractivity contribution in [3.8, 4) is 0 Å². The molecule has 2 N–H and O–H groups in total. The van der Waals surface area contributed by atoms with Crippen LogP contribution in [-0.2, 0) is 16.1 Å². The lowest BCUT2D eigenvalue weighted by Crippen LogP contribution is -2.48. The number of ether oxygens (including phenoxy) is 1. The molecule has 1 aliphatic heterocycles. The van der Waals surface area contributed by atoms with Crippen LogP contribution in [0.4, 0.5) is 5.95 Å². The van der Waals surface area contributed by atoms with Gasteiger partial charge in [0.25, 0.3) is 0 Å². The molecule has 16 heavy (non-hydrogen) atoms. The summed E-state index contributed by atoms with van der Waals surface area (Å²) in [4.78, 5) is 17.5. The largest absolute Gasteiger partial charge is 0.377 e. The highest BCUT2D eigenvalue weighted by molar-refractivity contribution is 5.76. The van der Waals surface area contributed by atoms with Crippen LogP contribution in [-0.4, -0.2) is 51.4 Å². The third kappa shape index (κ3) is 2.30. The lowest BCUT2D eigenvalue weighted by atomic mass is 10.2. The molecule has 0 spiro atoms. The first kappa shape index (κ1) is 10.9. The Morgan fingerprint density at radius 2 is 2.56 bits per heavy atom. The standard InChI is InChI=1S/C9H15N5O2/c1-7-5-16-3-2-14(7)8(15)4-13-6-11-9(10)12-13/h6-7H,2-5H2,1H3,(H2,10,12)/t7-/m1/s1. The van der Waals surface area contributed by atoms with Crippen molar-refractivity contribution in [2.24, 2.45) is 0 Å². The van der Waals surface area contributed by atoms with Crippen LogP contribution in [0.15, 0.2) is 6.33 Å². The molecular formula is C9H15N5O2. The fourth-order valence-corrected chi connectivity index (χ4v) is 1.71. The Labute approximate surface area is 93.2 Å². The number of nitrogens with zero attached hydrogens (tertiary/aromatic N) is 4. The van der Waals surface area contributed by atoms with Gasteiger partial charge in [0.2, 0.25) is 11.9 Å². The van der Waals surface area contributed by atoms with Gasteiger partial charge in [-0.3, -0.25) is 4.79 Å². The first-order valence-corrected chi connectivity index (χ1v) is 5.19. The van der Waals surface area contributed by atoms with E-state index in [1.165, 1.54) is 11.0 Å². The van der Waals surface area contributed by atoms with Crippen LogP contribution in [0.3, 0.4) is 0 Å². The smallest absolute Gasteiger partial charge is 0.244 e. The molecule has 0 aromatic carbocycles. The van der Waals surface area contributed by atoms with Crippen LogP contribution >= 0.6 is 0 Å². The monoisotopic (exact) mass is 225 g/mol. The number of aromatic nitrogens is 3. The molecule has 0 radical (unpaired) electrons. The summed E-state index contributed by atoms with van der Waals surface area (Å²) in [7, 11) is 0. The number of carbonyl (C=O) groups is 1. The van der Waals surface area contributed by atoms with E-state index in [0.29, 0.717) is 19.8 Å². The number of nitrogens with two attached hydrogens (primary N) is 1. The predicted molar refractivity (Wildman–Crippen MR) is 56.4 cm³/mol. The van der Waals surface area contributed by atoms with E-state index in [2.05, 4.69) is 10.1 Å². The quantitative estimate of drug-likeness (QED) is 0.705. The van der Waals surface area contributed by atoms with Crippen LogP contribution in [0, 0.1) is 0 Å². The maximum Gasteiger partial charge on any atom is 0.244 e. The fourth-order valence-electron chi connectivity index (χ4n) is 1.71. The van der Waals surface area contributed by atoms with Crippen LogP contribution in [0.1, 0.15) is 6.92 Å². The van der Waals surface area contributed by atoms with E-state index in [-0.39, 0.29) is 24.4 Å². The molecule has 1 aromatic heterocycles. The third-order valence-corrected chi connectivity index (χ3v) is 2.54. The molecule has 0 bridgehead atoms. The number of nitrogen functional groups attached to an aromatic ring is 1. The van der Waals surface area contributed by atoms with E-state index in [1.807, 2.05) is 6.92 Å². The molecule has 0 aliphatic carbocycles. The summed E-state index contributed by atoms with van der Waals surface area (Å²) in [6.07, 6.45) is 1.46. The van der Waals surface area contributed by atoms with Crippen molar-refractivity contribution >= 4 is 11.9 Å². The highest BCUT2D eigenvalue weighted by Crippen LogP contribution is 2.07. The van der Waals surface area contributed by atoms with Gasteiger partial charge < -0.3 is 15.4 Å². The number of morpholine rings is 1. The van der Waals surface area contributed by atoms with Gasteiger partial charge in [0, 0.05) is 6.54 Å². The second kappa shape index (κ2) is 4.48. The average Bonchev–Trinajstić information content (AvgIpc) is 2.64. The van der Waals surface area contributed by atoms with Crippen molar-refractivity contribution < 1.29 is 9.53 Å². The molecule has 7 heteroatoms. The van der Waals surface area contributed by atoms with Gasteiger partial charge in [-0.05, 0) is 6.92 Å². The minimum atomic E-state index is 0.0145. The Morgan fingerprint density at radius 3 is 3.19 bits per heavy atom. The Kier molecular flexibility index (Phi) is 3.04. The van der Waals surface area contributed by atoms with Gasteiger partial charge in [-0.25, -0.2) is 9.67 Å². The molecule has 0 saturated carbocycles. The molecule has 1 saturated heterocycles. The Morgan fingerprint density at radius 1 is 1.75 bits per heavy atom. The van der Waals surface area contributed by atoms with E-state index in [1.54, 1.807) is 4.90 Å². The molecule has 1 aromatic rings. The van der Waals surface area contributed by atoms with E-state index >= 15 is 0 Å². The maximum atomic E-state index is 11.9. The number of carbonyl (C=O) groups excluding carboxylic acids is 1. The molecule has 2 heterocycles. The van der Waals surface area contributed by atoms with Gasteiger partial charge in [-0.2, -0.15) is 0 Å². The third-order valence-electron chi connectivity index (χ3n) is 2.54. The molecule has 1 fully saturated rings. The Hall–Kier alpha value is -1.63. The molecule has 2 rings (SSSR count). The summed E-state index contributed by atoms with van der Waals surface area (Å²) in [6, 6.07) is 0.113. The van der Waals surface area contributed by atoms with Crippen molar-refractivity contribution in [1.29, 1.82) is 0 Å². The number of anilines is 1. The van der Waals surface area contributed by atoms with E-state index < -0.39 is 0 Å². The molecule has 88 valence electrons. The van der Waals surface area contributed by atoms with Crippen molar-refractivity contribution in [3.63, 3.8) is 0 Å². The normalized spacial score (nSPS) is 21.1. The second-order valence-electron chi connectivity index (χ2n) is 3.81. The molecule has 1 amide bonds. The van der Waals surface area contributed by atoms with Gasteiger partial charge in [-0.1, -0.05) is 0 Å². The number of amides is 1. The lowest BCUT2D eigenvalue weighted by molar-refractivity contribution is -0.139. The summed E-state index contributed by atoms with van der Waals surface area (Å²) >= 11 is 0. The zero-order valence-corrected chi connectivity index (χ0v) is 9.17. The van der Waals surface area contributed by atoms with Crippen LogP contribution in [0.5, 0.6) is 0 Å². The van der Waals surface area contributed by atoms with E-state index in [0.717, 1.165) is 0 Å². The predicted octanol–water partition coefficient (Wildman–Crippen LogP) is -0.892. The number of hydrogen-bond donors (Lipinski definition) is 1. The molecule has 1 atom stereocenters. The summed E-state index contributed by atoms with van der Waals surface area (Å²) in [5.41, 5.74) is 5.37. The van der Waals surface area contributed by atoms with E-state index in [4.69, 9.17) is 10.5 Å². The molecular weight excluding hydrogens is 210 g/mol. The Balaban J connectivity index is 1.96. The molecule has 7 nitrogen and oxygen atoms in total. The lowest BCUT2D eigenvalue weighted by Gasteiger charge is -2.33. The second-order valence-corrected chi connectivity index (χ2v) is 3.81. The minimum absolute atomic E-state index is 0.0145. The van der Waals surface area contributed by atoms with Crippen molar-refractivity contribution in [2.75, 3.05) is 25.5 Å². The van der Waals surface area contributed by atoms with E-state index in [9.17, 15) is 4.79 Å². The fraction of sp³-hybridized carbons (Fsp3) is 0.667. The SMILES string of the molecule is C[C@@H]1COCCN1C(=O)Cn1cnc(N)n1. The van der Waals surface area contributed by atoms with Crippen molar-refractivity contribution in [1.82, 2.24) is 19.7 Å². The zero-order chi connectivity index (χ0) is 11.5. The van der Waals surface area contributed by atoms with Crippen LogP contribution in [0.2, 0.25) is 0 Å². The van der Waals surface area contributed by atoms with Crippen molar-refractivity contribution in [3.05, 3.63) is 6.33 Å². The summed E-state index contributed by atoms with van der Waals surface area (Å²) in [5, 5.41) is 3.88. The zero-order valence-electron chi connectivity index (χ0n) is 9.17. The first-order chi connectivity index (χ1) is 7.66. The van der Waals surface area contributed by atoms with Gasteiger partial charge in [0.15, 0.2) is 0 Å². The first-order valence-electron chi connectivity index (χ1n) is 5.19. The van der Waals surface area contributed by atoms with Gasteiger partial charge >= 0.3 is 0 Å². The average molecular weight is 225 g/mol. The number of rotatable bonds is 2. The highest BCUT2D eigenvalue weighted by atomic mass is 16.5. The summed E-state index contributed by atoms with van der Waals surface area (Å²) < 4.78 is 6.71. The van der Waals surface area contributed by atoms with Crippen LogP contribution in [0.25, 0.3) is 0 Å². The maximum absolute atomic E-state index is 11.9. The highest BCUT2D eigenvalue weighted by Gasteiger charge is 2.23. The van der Waals surface area contributed by atoms with Gasteiger partial charge in [0.1, 0.15) is 12.9 Å². The topological polar surface area (TPSA) is 86.3 Å². The van der Waals surface area contributed by atoms with Gasteiger partial charge in [0.05, 0.1) is 19.3 Å². The summed E-state index contributed by atoms with van der Waals surface area (Å²) in [6.45, 7) is 3.95. The van der Waals surface area contributed by atoms with Gasteiger partial charge in [-0.15, -0.1) is 5.10 Å². The molecule has 1 aliphatic rings. The van der Waals surface area contributed by atoms with Crippen molar-refractivity contribution in [2.45, 2.75) is 19.5 Å². The summed E-state index contributed by atoms with van der Waals surface area (Å²) in [5.74, 6) is 0.198. The Bertz CT molecular complexity index is 378. The molecule has 0 unspecified atom stereocenters.